The van der Waals surface area contributed by atoms with Crippen molar-refractivity contribution in [1.29, 1.82) is 0 Å². The van der Waals surface area contributed by atoms with Crippen molar-refractivity contribution >= 4 is 27.1 Å². The Hall–Kier alpha value is -0.920. The molecular weight excluding hydrogens is 266 g/mol. The van der Waals surface area contributed by atoms with Crippen LogP contribution in [0.15, 0.2) is 11.1 Å². The molecule has 1 saturated heterocycles. The molecule has 17 heavy (non-hydrogen) atoms. The molecule has 1 aromatic rings. The fourth-order valence-corrected chi connectivity index (χ4v) is 2.54. The number of ether oxygens (including phenoxy) is 1. The lowest BCUT2D eigenvalue weighted by Crippen LogP contribution is -2.37. The summed E-state index contributed by atoms with van der Waals surface area (Å²) in [6.45, 7) is 2.35. The second-order valence-corrected chi connectivity index (χ2v) is 6.05. The summed E-state index contributed by atoms with van der Waals surface area (Å²) in [6.07, 6.45) is 1.11. The normalized spacial score (nSPS) is 17.2. The van der Waals surface area contributed by atoms with Crippen LogP contribution in [0.1, 0.15) is 0 Å². The topological polar surface area (TPSA) is 72.4 Å². The molecule has 0 atom stereocenters. The van der Waals surface area contributed by atoms with Crippen molar-refractivity contribution in [3.8, 4) is 0 Å². The molecule has 1 aliphatic heterocycles. The summed E-state index contributed by atoms with van der Waals surface area (Å²) in [6, 6.07) is 1.52. The highest BCUT2D eigenvalue weighted by Crippen LogP contribution is 2.25. The van der Waals surface area contributed by atoms with Gasteiger partial charge in [0.25, 0.3) is 0 Å². The summed E-state index contributed by atoms with van der Waals surface area (Å²) >= 11 is 5.76. The fourth-order valence-electron chi connectivity index (χ4n) is 1.64. The Morgan fingerprint density at radius 2 is 2.00 bits per heavy atom. The van der Waals surface area contributed by atoms with Gasteiger partial charge in [-0.2, -0.15) is 0 Å². The zero-order valence-electron chi connectivity index (χ0n) is 9.26. The van der Waals surface area contributed by atoms with E-state index < -0.39 is 9.84 Å². The summed E-state index contributed by atoms with van der Waals surface area (Å²) in [5, 5.41) is 7.39. The van der Waals surface area contributed by atoms with Crippen LogP contribution in [0.3, 0.4) is 0 Å². The summed E-state index contributed by atoms with van der Waals surface area (Å²) in [5.74, 6) is 0. The van der Waals surface area contributed by atoms with E-state index in [1.165, 1.54) is 6.07 Å². The van der Waals surface area contributed by atoms with E-state index in [9.17, 15) is 8.42 Å². The number of hydrogen-bond donors (Lipinski definition) is 0. The fraction of sp³-hybridized carbons (Fsp3) is 0.556. The molecule has 0 spiro atoms. The van der Waals surface area contributed by atoms with Gasteiger partial charge in [-0.05, 0) is 0 Å². The van der Waals surface area contributed by atoms with Gasteiger partial charge in [0.1, 0.15) is 0 Å². The zero-order valence-corrected chi connectivity index (χ0v) is 10.8. The van der Waals surface area contributed by atoms with Gasteiger partial charge in [0.05, 0.1) is 18.9 Å². The number of halogens is 1. The summed E-state index contributed by atoms with van der Waals surface area (Å²) in [5.41, 5.74) is 0.496. The van der Waals surface area contributed by atoms with E-state index in [4.69, 9.17) is 16.3 Å². The van der Waals surface area contributed by atoms with Crippen LogP contribution in [0, 0.1) is 0 Å². The van der Waals surface area contributed by atoms with Crippen LogP contribution < -0.4 is 4.90 Å². The van der Waals surface area contributed by atoms with Crippen molar-refractivity contribution in [2.45, 2.75) is 5.03 Å². The van der Waals surface area contributed by atoms with Crippen LogP contribution in [-0.4, -0.2) is 51.2 Å². The average Bonchev–Trinajstić information content (AvgIpc) is 2.28. The molecular formula is C9H12ClN3O3S. The molecule has 0 saturated carbocycles. The predicted molar refractivity (Wildman–Crippen MR) is 63.2 cm³/mol. The highest BCUT2D eigenvalue weighted by molar-refractivity contribution is 7.90. The van der Waals surface area contributed by atoms with Crippen molar-refractivity contribution in [3.63, 3.8) is 0 Å². The van der Waals surface area contributed by atoms with Gasteiger partial charge in [0.2, 0.25) is 5.03 Å². The number of anilines is 1. The maximum Gasteiger partial charge on any atom is 0.200 e. The minimum Gasteiger partial charge on any atom is -0.378 e. The molecule has 0 amide bonds. The molecule has 1 aromatic heterocycles. The van der Waals surface area contributed by atoms with Gasteiger partial charge < -0.3 is 9.64 Å². The van der Waals surface area contributed by atoms with Gasteiger partial charge in [0, 0.05) is 25.4 Å². The average molecular weight is 278 g/mol. The maximum absolute atomic E-state index is 11.6. The van der Waals surface area contributed by atoms with E-state index in [1.54, 1.807) is 0 Å². The maximum atomic E-state index is 11.6. The molecule has 94 valence electrons. The number of rotatable bonds is 2. The minimum absolute atomic E-state index is 0.0381. The Kier molecular flexibility index (Phi) is 3.50. The van der Waals surface area contributed by atoms with Crippen LogP contribution in [0.2, 0.25) is 5.15 Å². The standard InChI is InChI=1S/C9H12ClN3O3S/c1-17(14,15)9-7(6-8(10)11-12-9)13-2-4-16-5-3-13/h6H,2-5H2,1H3. The van der Waals surface area contributed by atoms with E-state index in [1.807, 2.05) is 4.90 Å². The summed E-state index contributed by atoms with van der Waals surface area (Å²) in [4.78, 5) is 1.89. The van der Waals surface area contributed by atoms with Gasteiger partial charge in [0.15, 0.2) is 15.0 Å². The van der Waals surface area contributed by atoms with Crippen LogP contribution in [0.4, 0.5) is 5.69 Å². The van der Waals surface area contributed by atoms with E-state index >= 15 is 0 Å². The number of sulfone groups is 1. The van der Waals surface area contributed by atoms with E-state index in [0.717, 1.165) is 6.26 Å². The third-order valence-electron chi connectivity index (χ3n) is 2.41. The molecule has 0 radical (unpaired) electrons. The first-order valence-electron chi connectivity index (χ1n) is 5.04. The molecule has 0 aliphatic carbocycles. The first-order valence-corrected chi connectivity index (χ1v) is 7.31. The zero-order chi connectivity index (χ0) is 12.5. The SMILES string of the molecule is CS(=O)(=O)c1nnc(Cl)cc1N1CCOCC1. The second kappa shape index (κ2) is 4.75. The van der Waals surface area contributed by atoms with E-state index in [2.05, 4.69) is 10.2 Å². The van der Waals surface area contributed by atoms with Crippen molar-refractivity contribution in [1.82, 2.24) is 10.2 Å². The first kappa shape index (κ1) is 12.5. The number of morpholine rings is 1. The third kappa shape index (κ3) is 2.85. The van der Waals surface area contributed by atoms with Gasteiger partial charge >= 0.3 is 0 Å². The molecule has 1 aliphatic rings. The largest absolute Gasteiger partial charge is 0.378 e. The summed E-state index contributed by atoms with van der Waals surface area (Å²) < 4.78 is 28.4. The first-order chi connectivity index (χ1) is 7.98. The monoisotopic (exact) mass is 277 g/mol. The van der Waals surface area contributed by atoms with Crippen LogP contribution in [0.5, 0.6) is 0 Å². The van der Waals surface area contributed by atoms with Crippen molar-refractivity contribution in [2.24, 2.45) is 0 Å². The predicted octanol–water partition coefficient (Wildman–Crippen LogP) is 0.370. The van der Waals surface area contributed by atoms with Crippen LogP contribution in [-0.2, 0) is 14.6 Å². The minimum atomic E-state index is -3.41. The molecule has 0 unspecified atom stereocenters. The molecule has 6 nitrogen and oxygen atoms in total. The van der Waals surface area contributed by atoms with E-state index in [-0.39, 0.29) is 10.2 Å². The van der Waals surface area contributed by atoms with Crippen molar-refractivity contribution in [3.05, 3.63) is 11.2 Å². The smallest absolute Gasteiger partial charge is 0.200 e. The lowest BCUT2D eigenvalue weighted by Gasteiger charge is -2.29. The lowest BCUT2D eigenvalue weighted by molar-refractivity contribution is 0.122. The molecule has 0 aromatic carbocycles. The van der Waals surface area contributed by atoms with E-state index in [0.29, 0.717) is 32.0 Å². The Morgan fingerprint density at radius 3 is 2.59 bits per heavy atom. The number of aromatic nitrogens is 2. The van der Waals surface area contributed by atoms with Crippen molar-refractivity contribution < 1.29 is 13.2 Å². The molecule has 2 rings (SSSR count). The Labute approximate surface area is 104 Å². The highest BCUT2D eigenvalue weighted by atomic mass is 35.5. The van der Waals surface area contributed by atoms with Gasteiger partial charge in [-0.3, -0.25) is 0 Å². The van der Waals surface area contributed by atoms with Gasteiger partial charge in [-0.1, -0.05) is 11.6 Å². The molecule has 0 bridgehead atoms. The molecule has 0 N–H and O–H groups in total. The van der Waals surface area contributed by atoms with Gasteiger partial charge in [-0.15, -0.1) is 10.2 Å². The van der Waals surface area contributed by atoms with Gasteiger partial charge in [-0.25, -0.2) is 8.42 Å². The number of nitrogens with zero attached hydrogens (tertiary/aromatic N) is 3. The molecule has 1 fully saturated rings. The lowest BCUT2D eigenvalue weighted by atomic mass is 10.3. The number of hydrogen-bond acceptors (Lipinski definition) is 6. The Morgan fingerprint density at radius 1 is 1.35 bits per heavy atom. The van der Waals surface area contributed by atoms with Crippen molar-refractivity contribution in [2.75, 3.05) is 37.5 Å². The summed E-state index contributed by atoms with van der Waals surface area (Å²) in [7, 11) is -3.41. The Bertz CT molecular complexity index is 514. The third-order valence-corrected chi connectivity index (χ3v) is 3.59. The second-order valence-electron chi connectivity index (χ2n) is 3.73. The molecule has 2 heterocycles. The molecule has 8 heteroatoms. The van der Waals surface area contributed by atoms with Crippen LogP contribution in [0.25, 0.3) is 0 Å². The highest BCUT2D eigenvalue weighted by Gasteiger charge is 2.22. The van der Waals surface area contributed by atoms with Crippen LogP contribution >= 0.6 is 11.6 Å². The Balaban J connectivity index is 2.46. The quantitative estimate of drug-likeness (QED) is 0.778.